The normalized spacial score (nSPS) is 11.6. The third kappa shape index (κ3) is 5.88. The number of rotatable bonds is 6. The summed E-state index contributed by atoms with van der Waals surface area (Å²) in [4.78, 5) is 26.4. The van der Waals surface area contributed by atoms with Crippen molar-refractivity contribution in [3.63, 3.8) is 0 Å². The molecule has 0 aliphatic heterocycles. The van der Waals surface area contributed by atoms with E-state index in [2.05, 4.69) is 121 Å². The van der Waals surface area contributed by atoms with Crippen LogP contribution in [0.1, 0.15) is 0 Å². The Morgan fingerprint density at radius 1 is 0.333 bits per heavy atom. The maximum Gasteiger partial charge on any atom is 0.165 e. The second-order valence-electron chi connectivity index (χ2n) is 13.8. The van der Waals surface area contributed by atoms with Crippen LogP contribution in [0.15, 0.2) is 175 Å². The molecule has 268 valence electrons. The van der Waals surface area contributed by atoms with Crippen LogP contribution in [0.3, 0.4) is 0 Å². The van der Waals surface area contributed by atoms with Crippen molar-refractivity contribution >= 4 is 75.8 Å². The Balaban J connectivity index is 1.02. The smallest absolute Gasteiger partial charge is 0.165 e. The summed E-state index contributed by atoms with van der Waals surface area (Å²) in [6.45, 7) is 0. The van der Waals surface area contributed by atoms with E-state index in [1.807, 2.05) is 48.5 Å². The summed E-state index contributed by atoms with van der Waals surface area (Å²) in [7, 11) is 0. The number of aromatic nitrogens is 5. The highest BCUT2D eigenvalue weighted by atomic mass is 32.1. The molecule has 5 nitrogen and oxygen atoms in total. The Bertz CT molecular complexity index is 3300. The summed E-state index contributed by atoms with van der Waals surface area (Å²) in [5, 5.41) is 3.57. The predicted molar refractivity (Wildman–Crippen MR) is 241 cm³/mol. The fourth-order valence-corrected chi connectivity index (χ4v) is 10.3. The topological polar surface area (TPSA) is 64.5 Å². The highest BCUT2D eigenvalue weighted by Crippen LogP contribution is 2.42. The molecule has 0 radical (unpaired) electrons. The van der Waals surface area contributed by atoms with Crippen LogP contribution in [0, 0.1) is 0 Å². The van der Waals surface area contributed by atoms with Crippen molar-refractivity contribution in [1.82, 2.24) is 24.9 Å². The molecule has 7 aromatic carbocycles. The Labute approximate surface area is 341 Å². The molecular formula is C49H29N5S3. The van der Waals surface area contributed by atoms with Crippen LogP contribution < -0.4 is 0 Å². The summed E-state index contributed by atoms with van der Waals surface area (Å²) in [6, 6.07) is 58.4. The van der Waals surface area contributed by atoms with E-state index in [-0.39, 0.29) is 0 Å². The molecule has 0 bridgehead atoms. The lowest BCUT2D eigenvalue weighted by Crippen LogP contribution is -2.01. The van der Waals surface area contributed by atoms with Crippen molar-refractivity contribution < 1.29 is 0 Å². The standard InChI is InChI=1S/C49H29N5S3/c55-43-33(29-25-27-32(28-26-29)46-50-41(30-13-3-1-4-14-30)45-42(51-46)36-18-8-10-24-40(36)57-45)19-11-21-37(43)48-52-47(31-15-5-2-6-16-31)53-49(54-48)38-22-12-20-35-34-17-7-9-23-39(34)56-44(35)38/h1-28,55H. The number of thiophene rings is 2. The van der Waals surface area contributed by atoms with Gasteiger partial charge in [0.2, 0.25) is 0 Å². The minimum atomic E-state index is 0.568. The zero-order valence-electron chi connectivity index (χ0n) is 30.2. The van der Waals surface area contributed by atoms with Crippen LogP contribution in [0.5, 0.6) is 0 Å². The number of hydrogen-bond donors (Lipinski definition) is 1. The Hall–Kier alpha value is -6.58. The number of nitrogens with zero attached hydrogens (tertiary/aromatic N) is 5. The molecule has 0 N–H and O–H groups in total. The van der Waals surface area contributed by atoms with Crippen LogP contribution >= 0.6 is 35.3 Å². The molecule has 8 heteroatoms. The summed E-state index contributed by atoms with van der Waals surface area (Å²) in [5.74, 6) is 2.50. The van der Waals surface area contributed by atoms with E-state index >= 15 is 0 Å². The van der Waals surface area contributed by atoms with Gasteiger partial charge in [0.25, 0.3) is 0 Å². The Morgan fingerprint density at radius 2 is 0.842 bits per heavy atom. The summed E-state index contributed by atoms with van der Waals surface area (Å²) in [5.41, 5.74) is 8.66. The number of thiol groups is 1. The molecule has 4 heterocycles. The van der Waals surface area contributed by atoms with Gasteiger partial charge in [-0.25, -0.2) is 24.9 Å². The van der Waals surface area contributed by atoms with Gasteiger partial charge < -0.3 is 0 Å². The minimum absolute atomic E-state index is 0.568. The molecule has 57 heavy (non-hydrogen) atoms. The predicted octanol–water partition coefficient (Wildman–Crippen LogP) is 13.7. The van der Waals surface area contributed by atoms with E-state index in [0.717, 1.165) is 69.8 Å². The van der Waals surface area contributed by atoms with Gasteiger partial charge in [-0.15, -0.1) is 35.3 Å². The lowest BCUT2D eigenvalue weighted by atomic mass is 10.0. The molecule has 0 amide bonds. The molecule has 4 aromatic heterocycles. The number of benzene rings is 7. The van der Waals surface area contributed by atoms with Crippen LogP contribution in [-0.4, -0.2) is 24.9 Å². The molecule has 0 aliphatic carbocycles. The maximum absolute atomic E-state index is 5.17. The Kier molecular flexibility index (Phi) is 8.20. The fourth-order valence-electron chi connectivity index (χ4n) is 7.52. The molecule has 0 fully saturated rings. The highest BCUT2D eigenvalue weighted by molar-refractivity contribution is 7.80. The van der Waals surface area contributed by atoms with Crippen molar-refractivity contribution in [2.75, 3.05) is 0 Å². The lowest BCUT2D eigenvalue weighted by Gasteiger charge is -2.13. The lowest BCUT2D eigenvalue weighted by molar-refractivity contribution is 1.07. The van der Waals surface area contributed by atoms with Gasteiger partial charge in [-0.3, -0.25) is 0 Å². The number of hydrogen-bond acceptors (Lipinski definition) is 8. The van der Waals surface area contributed by atoms with E-state index < -0.39 is 0 Å². The molecular weight excluding hydrogens is 755 g/mol. The molecule has 11 rings (SSSR count). The second kappa shape index (κ2) is 13.9. The number of fused-ring (bicyclic) bond motifs is 6. The summed E-state index contributed by atoms with van der Waals surface area (Å²) in [6.07, 6.45) is 0. The van der Waals surface area contributed by atoms with Gasteiger partial charge in [-0.1, -0.05) is 152 Å². The zero-order valence-corrected chi connectivity index (χ0v) is 32.7. The third-order valence-corrected chi connectivity index (χ3v) is 13.2. The van der Waals surface area contributed by atoms with E-state index in [0.29, 0.717) is 23.3 Å². The highest BCUT2D eigenvalue weighted by Gasteiger charge is 2.20. The largest absolute Gasteiger partial charge is 0.226 e. The average Bonchev–Trinajstić information content (AvgIpc) is 3.85. The SMILES string of the molecule is Sc1c(-c2ccc(-c3nc(-c4ccccc4)c4sc5ccccc5c4n3)cc2)cccc1-c1nc(-c2ccccc2)nc(-c2cccc3c2sc2ccccc23)n1. The van der Waals surface area contributed by atoms with E-state index in [1.54, 1.807) is 22.7 Å². The van der Waals surface area contributed by atoms with Crippen LogP contribution in [-0.2, 0) is 0 Å². The van der Waals surface area contributed by atoms with Gasteiger partial charge >= 0.3 is 0 Å². The summed E-state index contributed by atoms with van der Waals surface area (Å²) >= 11 is 8.67. The second-order valence-corrected chi connectivity index (χ2v) is 16.3. The van der Waals surface area contributed by atoms with E-state index in [1.165, 1.54) is 20.2 Å². The van der Waals surface area contributed by atoms with Gasteiger partial charge in [0.1, 0.15) is 0 Å². The Morgan fingerprint density at radius 3 is 1.61 bits per heavy atom. The molecule has 0 atom stereocenters. The first-order valence-electron chi connectivity index (χ1n) is 18.6. The third-order valence-electron chi connectivity index (χ3n) is 10.3. The van der Waals surface area contributed by atoms with E-state index in [4.69, 9.17) is 37.5 Å². The van der Waals surface area contributed by atoms with Gasteiger partial charge in [-0.2, -0.15) is 0 Å². The van der Waals surface area contributed by atoms with Gasteiger partial charge in [0.15, 0.2) is 23.3 Å². The van der Waals surface area contributed by atoms with Crippen molar-refractivity contribution in [1.29, 1.82) is 0 Å². The molecule has 0 saturated carbocycles. The summed E-state index contributed by atoms with van der Waals surface area (Å²) < 4.78 is 4.68. The monoisotopic (exact) mass is 783 g/mol. The first-order valence-corrected chi connectivity index (χ1v) is 20.6. The average molecular weight is 784 g/mol. The minimum Gasteiger partial charge on any atom is -0.226 e. The van der Waals surface area contributed by atoms with Gasteiger partial charge in [0, 0.05) is 63.0 Å². The molecule has 0 aliphatic rings. The van der Waals surface area contributed by atoms with Crippen molar-refractivity contribution in [2.45, 2.75) is 4.90 Å². The van der Waals surface area contributed by atoms with Gasteiger partial charge in [0.05, 0.1) is 15.9 Å². The molecule has 0 saturated heterocycles. The first kappa shape index (κ1) is 33.7. The first-order chi connectivity index (χ1) is 28.2. The zero-order chi connectivity index (χ0) is 37.9. The van der Waals surface area contributed by atoms with Crippen LogP contribution in [0.2, 0.25) is 0 Å². The molecule has 0 unspecified atom stereocenters. The molecule has 0 spiro atoms. The van der Waals surface area contributed by atoms with E-state index in [9.17, 15) is 0 Å². The van der Waals surface area contributed by atoms with Crippen LogP contribution in [0.25, 0.3) is 108 Å². The quantitative estimate of drug-likeness (QED) is 0.170. The van der Waals surface area contributed by atoms with Crippen LogP contribution in [0.4, 0.5) is 0 Å². The van der Waals surface area contributed by atoms with Gasteiger partial charge in [-0.05, 0) is 29.3 Å². The van der Waals surface area contributed by atoms with Crippen molar-refractivity contribution in [3.8, 4) is 67.9 Å². The molecule has 11 aromatic rings. The van der Waals surface area contributed by atoms with Crippen molar-refractivity contribution in [2.24, 2.45) is 0 Å². The fraction of sp³-hybridized carbons (Fsp3) is 0. The van der Waals surface area contributed by atoms with Crippen molar-refractivity contribution in [3.05, 3.63) is 170 Å². The maximum atomic E-state index is 5.17.